The van der Waals surface area contributed by atoms with Gasteiger partial charge >= 0.3 is 5.97 Å². The number of ether oxygens (including phenoxy) is 1. The van der Waals surface area contributed by atoms with Crippen molar-refractivity contribution in [3.63, 3.8) is 0 Å². The number of carbonyl (C=O) groups is 4. The second-order valence-corrected chi connectivity index (χ2v) is 11.3. The second-order valence-electron chi connectivity index (χ2n) is 10.9. The van der Waals surface area contributed by atoms with Crippen molar-refractivity contribution < 1.29 is 23.9 Å². The maximum absolute atomic E-state index is 13.3. The van der Waals surface area contributed by atoms with Crippen LogP contribution >= 0.6 is 11.6 Å². The Hall–Kier alpha value is -3.45. The number of rotatable bonds is 4. The number of imide groups is 1. The van der Waals surface area contributed by atoms with Gasteiger partial charge in [-0.3, -0.25) is 24.1 Å². The topological polar surface area (TPSA) is 84.0 Å². The number of nitrogens with zero attached hydrogens (tertiary/aromatic N) is 2. The Morgan fingerprint density at radius 2 is 1.54 bits per heavy atom. The lowest BCUT2D eigenvalue weighted by molar-refractivity contribution is -0.139. The molecule has 37 heavy (non-hydrogen) atoms. The Bertz CT molecular complexity index is 1370. The van der Waals surface area contributed by atoms with Crippen LogP contribution in [0.25, 0.3) is 0 Å². The molecule has 0 spiro atoms. The summed E-state index contributed by atoms with van der Waals surface area (Å²) in [5.41, 5.74) is 2.06. The maximum Gasteiger partial charge on any atom is 0.316 e. The number of aryl methyl sites for hydroxylation is 1. The highest BCUT2D eigenvalue weighted by atomic mass is 35.5. The number of hydrogen-bond donors (Lipinski definition) is 0. The lowest BCUT2D eigenvalue weighted by Crippen LogP contribution is -2.40. The molecule has 8 heteroatoms. The molecule has 2 heterocycles. The molecule has 4 aliphatic carbocycles. The van der Waals surface area contributed by atoms with E-state index >= 15 is 0 Å². The van der Waals surface area contributed by atoms with Gasteiger partial charge in [0, 0.05) is 23.7 Å². The summed E-state index contributed by atoms with van der Waals surface area (Å²) >= 11 is 6.21. The van der Waals surface area contributed by atoms with Gasteiger partial charge in [0.05, 0.1) is 23.4 Å². The summed E-state index contributed by atoms with van der Waals surface area (Å²) in [6, 6.07) is 11.9. The SMILES string of the molecule is Cc1ccc(N2C[C@H](C(=O)Oc3ccc(N4C(=O)[C@@H]5[C@H]6C=C[C@@H]([C@@H]7C[C@@H]67)[C@@H]5C4=O)cc3)CC2=O)cc1Cl. The number of hydrogen-bond acceptors (Lipinski definition) is 5. The van der Waals surface area contributed by atoms with Crippen molar-refractivity contribution in [3.05, 3.63) is 65.2 Å². The summed E-state index contributed by atoms with van der Waals surface area (Å²) in [4.78, 5) is 54.9. The van der Waals surface area contributed by atoms with Gasteiger partial charge < -0.3 is 9.64 Å². The van der Waals surface area contributed by atoms with Crippen LogP contribution in [0.1, 0.15) is 18.4 Å². The van der Waals surface area contributed by atoms with Crippen LogP contribution in [0.2, 0.25) is 5.02 Å². The van der Waals surface area contributed by atoms with E-state index in [-0.39, 0.29) is 54.4 Å². The predicted octanol–water partition coefficient (Wildman–Crippen LogP) is 4.16. The van der Waals surface area contributed by atoms with Gasteiger partial charge in [-0.05, 0) is 79.0 Å². The number of allylic oxidation sites excluding steroid dienone is 2. The van der Waals surface area contributed by atoms with Crippen LogP contribution in [0.5, 0.6) is 5.75 Å². The largest absolute Gasteiger partial charge is 0.426 e. The number of esters is 1. The van der Waals surface area contributed by atoms with Gasteiger partial charge in [-0.1, -0.05) is 29.8 Å². The first-order valence-corrected chi connectivity index (χ1v) is 13.1. The van der Waals surface area contributed by atoms with Crippen LogP contribution in [0, 0.1) is 48.3 Å². The summed E-state index contributed by atoms with van der Waals surface area (Å²) in [7, 11) is 0. The standard InChI is InChI=1S/C29H25ClN2O5/c1-14-2-3-17(11-23(14)30)31-13-15(10-24(31)33)29(36)37-18-6-4-16(5-7-18)32-27(34)25-19-8-9-20(22-12-21(19)22)26(25)28(32)35/h2-9,11,15,19-22,25-26H,10,12-13H2,1H3/t15-,19+,20+,21+,22+,25-,26+/m1/s1. The normalized spacial score (nSPS) is 33.1. The Labute approximate surface area is 219 Å². The maximum atomic E-state index is 13.3. The van der Waals surface area contributed by atoms with E-state index in [0.29, 0.717) is 34.0 Å². The van der Waals surface area contributed by atoms with Crippen molar-refractivity contribution in [2.75, 3.05) is 16.3 Å². The molecule has 188 valence electrons. The highest BCUT2D eigenvalue weighted by molar-refractivity contribution is 6.31. The molecule has 2 saturated heterocycles. The summed E-state index contributed by atoms with van der Waals surface area (Å²) in [5, 5.41) is 0.561. The van der Waals surface area contributed by atoms with Crippen molar-refractivity contribution in [1.29, 1.82) is 0 Å². The molecule has 2 saturated carbocycles. The first-order valence-electron chi connectivity index (χ1n) is 12.8. The predicted molar refractivity (Wildman–Crippen MR) is 136 cm³/mol. The monoisotopic (exact) mass is 516 g/mol. The Morgan fingerprint density at radius 3 is 2.16 bits per heavy atom. The molecular formula is C29H25ClN2O5. The fourth-order valence-electron chi connectivity index (χ4n) is 6.94. The molecule has 0 radical (unpaired) electrons. The molecular weight excluding hydrogens is 492 g/mol. The quantitative estimate of drug-likeness (QED) is 0.264. The fourth-order valence-corrected chi connectivity index (χ4v) is 7.11. The zero-order valence-electron chi connectivity index (χ0n) is 20.2. The average molecular weight is 517 g/mol. The molecule has 0 unspecified atom stereocenters. The second kappa shape index (κ2) is 8.02. The third kappa shape index (κ3) is 3.40. The van der Waals surface area contributed by atoms with Gasteiger partial charge in [0.1, 0.15) is 5.75 Å². The Morgan fingerprint density at radius 1 is 0.919 bits per heavy atom. The zero-order chi connectivity index (χ0) is 25.6. The van der Waals surface area contributed by atoms with Gasteiger partial charge in [0.15, 0.2) is 0 Å². The van der Waals surface area contributed by atoms with Crippen molar-refractivity contribution >= 4 is 46.7 Å². The van der Waals surface area contributed by atoms with Gasteiger partial charge in [-0.25, -0.2) is 0 Å². The molecule has 2 aromatic rings. The highest BCUT2D eigenvalue weighted by Gasteiger charge is 2.67. The lowest BCUT2D eigenvalue weighted by Gasteiger charge is -2.37. The number of amides is 3. The van der Waals surface area contributed by atoms with E-state index in [0.717, 1.165) is 12.0 Å². The van der Waals surface area contributed by atoms with Gasteiger partial charge in [0.2, 0.25) is 17.7 Å². The Balaban J connectivity index is 1.03. The molecule has 7 nitrogen and oxygen atoms in total. The van der Waals surface area contributed by atoms with Crippen molar-refractivity contribution in [2.24, 2.45) is 41.4 Å². The Kier molecular flexibility index (Phi) is 4.93. The smallest absolute Gasteiger partial charge is 0.316 e. The molecule has 2 bridgehead atoms. The fraction of sp³-hybridized carbons (Fsp3) is 0.379. The van der Waals surface area contributed by atoms with E-state index in [1.54, 1.807) is 35.2 Å². The third-order valence-corrected chi connectivity index (χ3v) is 9.31. The van der Waals surface area contributed by atoms with E-state index in [4.69, 9.17) is 16.3 Å². The minimum Gasteiger partial charge on any atom is -0.426 e. The zero-order valence-corrected chi connectivity index (χ0v) is 20.9. The van der Waals surface area contributed by atoms with E-state index in [1.165, 1.54) is 4.90 Å². The number of carbonyl (C=O) groups excluding carboxylic acids is 4. The summed E-state index contributed by atoms with van der Waals surface area (Å²) in [5.74, 6) is -0.261. The summed E-state index contributed by atoms with van der Waals surface area (Å²) in [6.45, 7) is 2.10. The van der Waals surface area contributed by atoms with Crippen LogP contribution in [-0.4, -0.2) is 30.2 Å². The number of benzene rings is 2. The van der Waals surface area contributed by atoms with E-state index in [2.05, 4.69) is 12.2 Å². The van der Waals surface area contributed by atoms with E-state index in [1.807, 2.05) is 19.1 Å². The van der Waals surface area contributed by atoms with E-state index in [9.17, 15) is 19.2 Å². The number of anilines is 2. The van der Waals surface area contributed by atoms with Crippen molar-refractivity contribution in [2.45, 2.75) is 19.8 Å². The molecule has 2 aliphatic heterocycles. The number of halogens is 1. The molecule has 8 rings (SSSR count). The lowest BCUT2D eigenvalue weighted by atomic mass is 9.63. The van der Waals surface area contributed by atoms with Crippen LogP contribution in [0.15, 0.2) is 54.6 Å². The minimum absolute atomic E-state index is 0.0559. The molecule has 0 N–H and O–H groups in total. The van der Waals surface area contributed by atoms with Crippen LogP contribution in [-0.2, 0) is 19.2 Å². The molecule has 0 aromatic heterocycles. The molecule has 3 amide bonds. The average Bonchev–Trinajstić information content (AvgIpc) is 3.57. The molecule has 7 atom stereocenters. The van der Waals surface area contributed by atoms with Crippen molar-refractivity contribution in [3.8, 4) is 5.75 Å². The van der Waals surface area contributed by atoms with Crippen LogP contribution < -0.4 is 14.5 Å². The third-order valence-electron chi connectivity index (χ3n) is 8.90. The van der Waals surface area contributed by atoms with Crippen molar-refractivity contribution in [1.82, 2.24) is 0 Å². The summed E-state index contributed by atoms with van der Waals surface area (Å²) in [6.07, 6.45) is 5.48. The van der Waals surface area contributed by atoms with Gasteiger partial charge in [0.25, 0.3) is 0 Å². The first kappa shape index (κ1) is 22.7. The van der Waals surface area contributed by atoms with E-state index < -0.39 is 11.9 Å². The first-order chi connectivity index (χ1) is 17.8. The van der Waals surface area contributed by atoms with Crippen LogP contribution in [0.3, 0.4) is 0 Å². The summed E-state index contributed by atoms with van der Waals surface area (Å²) < 4.78 is 5.56. The molecule has 2 aromatic carbocycles. The van der Waals surface area contributed by atoms with Crippen LogP contribution in [0.4, 0.5) is 11.4 Å². The minimum atomic E-state index is -0.605. The molecule has 4 fully saturated rings. The van der Waals surface area contributed by atoms with Gasteiger partial charge in [-0.2, -0.15) is 0 Å². The van der Waals surface area contributed by atoms with Gasteiger partial charge in [-0.15, -0.1) is 0 Å². The highest BCUT2D eigenvalue weighted by Crippen LogP contribution is 2.65. The molecule has 6 aliphatic rings.